The van der Waals surface area contributed by atoms with Crippen molar-refractivity contribution in [3.05, 3.63) is 64.7 Å². The molecule has 1 fully saturated rings. The molecule has 0 saturated carbocycles. The number of anilines is 1. The van der Waals surface area contributed by atoms with E-state index < -0.39 is 5.97 Å². The summed E-state index contributed by atoms with van der Waals surface area (Å²) < 4.78 is 4.79. The van der Waals surface area contributed by atoms with Gasteiger partial charge in [0.2, 0.25) is 5.91 Å². The molecule has 0 bridgehead atoms. The largest absolute Gasteiger partial charge is 0.465 e. The van der Waals surface area contributed by atoms with Gasteiger partial charge in [-0.25, -0.2) is 4.79 Å². The maximum Gasteiger partial charge on any atom is 0.339 e. The molecule has 1 amide bonds. The number of nitrogens with one attached hydrogen (secondary N) is 1. The molecule has 0 aromatic heterocycles. The number of likely N-dealkylation sites (tertiary alicyclic amines) is 1. The molecule has 1 saturated heterocycles. The van der Waals surface area contributed by atoms with Gasteiger partial charge in [0.25, 0.3) is 0 Å². The molecule has 2 aromatic rings. The van der Waals surface area contributed by atoms with E-state index in [1.54, 1.807) is 24.3 Å². The van der Waals surface area contributed by atoms with Crippen LogP contribution in [0.2, 0.25) is 5.02 Å². The van der Waals surface area contributed by atoms with Crippen molar-refractivity contribution in [1.29, 1.82) is 0 Å². The molecule has 0 radical (unpaired) electrons. The summed E-state index contributed by atoms with van der Waals surface area (Å²) in [7, 11) is 1.33. The Bertz CT molecular complexity index is 807. The third kappa shape index (κ3) is 5.08. The first-order valence-electron chi connectivity index (χ1n) is 9.02. The monoisotopic (exact) mass is 386 g/mol. The Morgan fingerprint density at radius 2 is 1.93 bits per heavy atom. The fraction of sp³-hybridized carbons (Fsp3) is 0.333. The first-order valence-corrected chi connectivity index (χ1v) is 9.39. The summed E-state index contributed by atoms with van der Waals surface area (Å²) in [4.78, 5) is 26.9. The summed E-state index contributed by atoms with van der Waals surface area (Å²) in [5.74, 6) is -0.636. The number of hydrogen-bond donors (Lipinski definition) is 1. The van der Waals surface area contributed by atoms with Gasteiger partial charge in [-0.05, 0) is 49.2 Å². The minimum Gasteiger partial charge on any atom is -0.465 e. The van der Waals surface area contributed by atoms with Crippen molar-refractivity contribution in [2.24, 2.45) is 5.92 Å². The molecule has 1 aliphatic heterocycles. The predicted molar refractivity (Wildman–Crippen MR) is 106 cm³/mol. The summed E-state index contributed by atoms with van der Waals surface area (Å²) in [6, 6.07) is 14.7. The average molecular weight is 387 g/mol. The normalized spacial score (nSPS) is 17.3. The number of hydrogen-bond acceptors (Lipinski definition) is 4. The lowest BCUT2D eigenvalue weighted by atomic mass is 9.96. The Balaban J connectivity index is 1.63. The lowest BCUT2D eigenvalue weighted by molar-refractivity contribution is -0.121. The van der Waals surface area contributed by atoms with Crippen LogP contribution in [0.5, 0.6) is 0 Å². The first kappa shape index (κ1) is 19.4. The SMILES string of the molecule is COC(=O)c1ccccc1NC(=O)[C@H]1CCCN(Cc2ccc(Cl)cc2)C1. The Labute approximate surface area is 164 Å². The van der Waals surface area contributed by atoms with Gasteiger partial charge in [0.1, 0.15) is 0 Å². The highest BCUT2D eigenvalue weighted by molar-refractivity contribution is 6.30. The number of esters is 1. The highest BCUT2D eigenvalue weighted by Gasteiger charge is 2.26. The van der Waals surface area contributed by atoms with Gasteiger partial charge in [0.05, 0.1) is 24.3 Å². The van der Waals surface area contributed by atoms with Crippen LogP contribution in [0.15, 0.2) is 48.5 Å². The summed E-state index contributed by atoms with van der Waals surface area (Å²) >= 11 is 5.94. The minimum atomic E-state index is -0.459. The second kappa shape index (κ2) is 9.02. The van der Waals surface area contributed by atoms with Gasteiger partial charge in [-0.1, -0.05) is 35.9 Å². The van der Waals surface area contributed by atoms with E-state index in [9.17, 15) is 9.59 Å². The first-order chi connectivity index (χ1) is 13.1. The summed E-state index contributed by atoms with van der Waals surface area (Å²) in [5, 5.41) is 3.62. The van der Waals surface area contributed by atoms with E-state index in [2.05, 4.69) is 10.2 Å². The number of carbonyl (C=O) groups excluding carboxylic acids is 2. The number of piperidine rings is 1. The molecular weight excluding hydrogens is 364 g/mol. The van der Waals surface area contributed by atoms with Crippen molar-refractivity contribution in [2.75, 3.05) is 25.5 Å². The fourth-order valence-corrected chi connectivity index (χ4v) is 3.50. The van der Waals surface area contributed by atoms with Crippen molar-refractivity contribution < 1.29 is 14.3 Å². The van der Waals surface area contributed by atoms with E-state index in [0.717, 1.165) is 31.0 Å². The van der Waals surface area contributed by atoms with Gasteiger partial charge < -0.3 is 10.1 Å². The van der Waals surface area contributed by atoms with Crippen LogP contribution in [0.25, 0.3) is 0 Å². The third-order valence-electron chi connectivity index (χ3n) is 4.79. The molecule has 1 heterocycles. The van der Waals surface area contributed by atoms with Crippen LogP contribution < -0.4 is 5.32 Å². The number of halogens is 1. The number of para-hydroxylation sites is 1. The highest BCUT2D eigenvalue weighted by atomic mass is 35.5. The molecule has 0 unspecified atom stereocenters. The zero-order chi connectivity index (χ0) is 19.2. The Morgan fingerprint density at radius 3 is 2.67 bits per heavy atom. The number of amides is 1. The van der Waals surface area contributed by atoms with E-state index in [1.807, 2.05) is 24.3 Å². The van der Waals surface area contributed by atoms with E-state index >= 15 is 0 Å². The van der Waals surface area contributed by atoms with Gasteiger partial charge in [-0.3, -0.25) is 9.69 Å². The number of nitrogens with zero attached hydrogens (tertiary/aromatic N) is 1. The van der Waals surface area contributed by atoms with Crippen molar-refractivity contribution in [3.63, 3.8) is 0 Å². The van der Waals surface area contributed by atoms with Gasteiger partial charge in [-0.2, -0.15) is 0 Å². The Morgan fingerprint density at radius 1 is 1.19 bits per heavy atom. The molecule has 2 aromatic carbocycles. The quantitative estimate of drug-likeness (QED) is 0.790. The van der Waals surface area contributed by atoms with Crippen LogP contribution in [0.4, 0.5) is 5.69 Å². The van der Waals surface area contributed by atoms with E-state index in [0.29, 0.717) is 17.8 Å². The average Bonchev–Trinajstić information content (AvgIpc) is 2.70. The standard InChI is InChI=1S/C21H23ClN2O3/c1-27-21(26)18-6-2-3-7-19(18)23-20(25)16-5-4-12-24(14-16)13-15-8-10-17(22)11-9-15/h2-3,6-11,16H,4-5,12-14H2,1H3,(H,23,25)/t16-/m0/s1. The highest BCUT2D eigenvalue weighted by Crippen LogP contribution is 2.23. The molecule has 27 heavy (non-hydrogen) atoms. The van der Waals surface area contributed by atoms with Crippen LogP contribution in [0, 0.1) is 5.92 Å². The molecule has 0 aliphatic carbocycles. The van der Waals surface area contributed by atoms with Crippen molar-refractivity contribution in [3.8, 4) is 0 Å². The molecule has 0 spiro atoms. The van der Waals surface area contributed by atoms with Crippen LogP contribution in [0.3, 0.4) is 0 Å². The lowest BCUT2D eigenvalue weighted by Gasteiger charge is -2.32. The second-order valence-corrected chi connectivity index (χ2v) is 7.16. The van der Waals surface area contributed by atoms with Gasteiger partial charge in [0.15, 0.2) is 0 Å². The van der Waals surface area contributed by atoms with Gasteiger partial charge in [-0.15, -0.1) is 0 Å². The summed E-state index contributed by atoms with van der Waals surface area (Å²) in [6.45, 7) is 2.44. The Kier molecular flexibility index (Phi) is 6.48. The predicted octanol–water partition coefficient (Wildman–Crippen LogP) is 3.98. The van der Waals surface area contributed by atoms with E-state index in [4.69, 9.17) is 16.3 Å². The van der Waals surface area contributed by atoms with Crippen LogP contribution in [0.1, 0.15) is 28.8 Å². The molecule has 142 valence electrons. The summed E-state index contributed by atoms with van der Waals surface area (Å²) in [5.41, 5.74) is 2.03. The van der Waals surface area contributed by atoms with Gasteiger partial charge >= 0.3 is 5.97 Å². The minimum absolute atomic E-state index is 0.0628. The molecule has 1 atom stereocenters. The number of benzene rings is 2. The van der Waals surface area contributed by atoms with E-state index in [1.165, 1.54) is 12.7 Å². The molecule has 3 rings (SSSR count). The van der Waals surface area contributed by atoms with E-state index in [-0.39, 0.29) is 11.8 Å². The third-order valence-corrected chi connectivity index (χ3v) is 5.04. The number of ether oxygens (including phenoxy) is 1. The second-order valence-electron chi connectivity index (χ2n) is 6.73. The molecule has 6 heteroatoms. The van der Waals surface area contributed by atoms with Crippen LogP contribution >= 0.6 is 11.6 Å². The van der Waals surface area contributed by atoms with Crippen LogP contribution in [-0.2, 0) is 16.1 Å². The van der Waals surface area contributed by atoms with Crippen molar-refractivity contribution in [1.82, 2.24) is 4.90 Å². The smallest absolute Gasteiger partial charge is 0.339 e. The topological polar surface area (TPSA) is 58.6 Å². The van der Waals surface area contributed by atoms with Crippen molar-refractivity contribution >= 4 is 29.2 Å². The molecular formula is C21H23ClN2O3. The Hall–Kier alpha value is -2.37. The zero-order valence-electron chi connectivity index (χ0n) is 15.3. The number of methoxy groups -OCH3 is 1. The van der Waals surface area contributed by atoms with Crippen LogP contribution in [-0.4, -0.2) is 37.0 Å². The number of rotatable bonds is 5. The zero-order valence-corrected chi connectivity index (χ0v) is 16.0. The number of carbonyl (C=O) groups is 2. The maximum atomic E-state index is 12.8. The van der Waals surface area contributed by atoms with Gasteiger partial charge in [0, 0.05) is 18.1 Å². The summed E-state index contributed by atoms with van der Waals surface area (Å²) in [6.07, 6.45) is 1.80. The molecule has 5 nitrogen and oxygen atoms in total. The molecule has 1 N–H and O–H groups in total. The fourth-order valence-electron chi connectivity index (χ4n) is 3.38. The lowest BCUT2D eigenvalue weighted by Crippen LogP contribution is -2.40. The molecule has 1 aliphatic rings. The maximum absolute atomic E-state index is 12.8. The van der Waals surface area contributed by atoms with Crippen molar-refractivity contribution in [2.45, 2.75) is 19.4 Å².